The zero-order chi connectivity index (χ0) is 71.8. The summed E-state index contributed by atoms with van der Waals surface area (Å²) in [5.41, 5.74) is 35.8. The summed E-state index contributed by atoms with van der Waals surface area (Å²) in [6, 6.07) is 129. The molecule has 0 bridgehead atoms. The molecule has 0 atom stereocenters. The third kappa shape index (κ3) is 10.8. The van der Waals surface area contributed by atoms with Gasteiger partial charge in [-0.2, -0.15) is 0 Å². The Morgan fingerprint density at radius 3 is 0.832 bits per heavy atom. The molecule has 0 saturated carbocycles. The van der Waals surface area contributed by atoms with E-state index in [9.17, 15) is 0 Å². The summed E-state index contributed by atoms with van der Waals surface area (Å²) in [5, 5.41) is 4.95. The van der Waals surface area contributed by atoms with Crippen molar-refractivity contribution < 1.29 is 0 Å². The minimum absolute atomic E-state index is 0.197. The summed E-state index contributed by atoms with van der Waals surface area (Å²) in [5.74, 6) is 0.624. The summed E-state index contributed by atoms with van der Waals surface area (Å²) >= 11 is 0. The van der Waals surface area contributed by atoms with E-state index in [0.29, 0.717) is 5.82 Å². The van der Waals surface area contributed by atoms with E-state index in [1.54, 1.807) is 0 Å². The standard InChI is InChI=1S/C102H75BN4/c1-101(2,3)81-59-85-95-83(70-43-27-13-28-44-70)53-76(68-39-23-11-24-40-68)55-91(95)106-93-57-80(58-94-97(93)103(87(61-81)98(85)106)88-62-82(102(4,5)6)60-86-96-84(71-45-29-14-30-46-71)54-77(69-41-25-12-26-42-69)56-92(96)107(94)99(86)88)100-104-89(78-49-72(64-31-15-7-16-32-64)47-73(50-78)65-33-17-8-18-34-65)63-90(105-100)79-51-74(66-35-19-9-20-36-66)48-75(52-79)67-37-21-10-22-38-67/h7-63H,1-6H3. The van der Waals surface area contributed by atoms with Crippen molar-refractivity contribution in [3.63, 3.8) is 0 Å². The molecule has 20 rings (SSSR count). The van der Waals surface area contributed by atoms with Gasteiger partial charge in [0.05, 0.1) is 22.4 Å². The van der Waals surface area contributed by atoms with Gasteiger partial charge in [-0.3, -0.25) is 0 Å². The first kappa shape index (κ1) is 63.7. The van der Waals surface area contributed by atoms with Gasteiger partial charge in [-0.25, -0.2) is 9.97 Å². The quantitative estimate of drug-likeness (QED) is 0.121. The van der Waals surface area contributed by atoms with Crippen molar-refractivity contribution in [2.45, 2.75) is 52.4 Å². The largest absolute Gasteiger partial charge is 0.310 e. The molecule has 0 fully saturated rings. The van der Waals surface area contributed by atoms with Crippen molar-refractivity contribution >= 4 is 66.7 Å². The third-order valence-corrected chi connectivity index (χ3v) is 22.5. The SMILES string of the molecule is CC(C)(C)c1cc2c3c(c1)c1c(-c4ccccc4)cc(-c4ccccc4)cc1n3-c1cc(-c3nc(-c4cc(-c5ccccc5)cc(-c5ccccc5)c4)cc(-c4cc(-c5ccccc5)cc(-c5ccccc5)c4)n3)cc3c1B2c1cc(C(C)(C)C)cc2c4c(-c5ccccc5)cc(-c5ccccc5)cc4n-3c12. The molecule has 18 aromatic rings. The molecule has 5 heteroatoms. The van der Waals surface area contributed by atoms with Gasteiger partial charge in [0.2, 0.25) is 0 Å². The number of fused-ring (bicyclic) bond motifs is 10. The summed E-state index contributed by atoms with van der Waals surface area (Å²) in [6.45, 7) is 14.1. The molecule has 4 nitrogen and oxygen atoms in total. The van der Waals surface area contributed by atoms with Gasteiger partial charge in [0.1, 0.15) is 0 Å². The van der Waals surface area contributed by atoms with Gasteiger partial charge < -0.3 is 9.13 Å². The van der Waals surface area contributed by atoms with Crippen LogP contribution in [0, 0.1) is 0 Å². The lowest BCUT2D eigenvalue weighted by Crippen LogP contribution is -2.59. The predicted octanol–water partition coefficient (Wildman–Crippen LogP) is 24.7. The monoisotopic (exact) mass is 1370 g/mol. The Morgan fingerprint density at radius 2 is 0.533 bits per heavy atom. The lowest BCUT2D eigenvalue weighted by atomic mass is 9.34. The molecular formula is C102H75BN4. The third-order valence-electron chi connectivity index (χ3n) is 22.5. The van der Waals surface area contributed by atoms with E-state index in [-0.39, 0.29) is 17.5 Å². The summed E-state index contributed by atoms with van der Waals surface area (Å²) in [7, 11) is 0. The average molecular weight is 1370 g/mol. The Kier molecular flexibility index (Phi) is 14.8. The van der Waals surface area contributed by atoms with Crippen LogP contribution in [0.25, 0.3) is 178 Å². The maximum Gasteiger partial charge on any atom is 0.252 e. The number of benzene rings is 15. The Morgan fingerprint density at radius 1 is 0.252 bits per heavy atom. The fourth-order valence-corrected chi connectivity index (χ4v) is 17.2. The maximum atomic E-state index is 6.04. The van der Waals surface area contributed by atoms with Crippen molar-refractivity contribution in [3.05, 3.63) is 357 Å². The van der Waals surface area contributed by atoms with E-state index in [1.807, 2.05) is 0 Å². The van der Waals surface area contributed by atoms with Crippen LogP contribution in [0.15, 0.2) is 346 Å². The Hall–Kier alpha value is -13.0. The lowest BCUT2D eigenvalue weighted by molar-refractivity contribution is 0.591. The van der Waals surface area contributed by atoms with Gasteiger partial charge in [0.15, 0.2) is 5.82 Å². The van der Waals surface area contributed by atoms with Gasteiger partial charge in [-0.1, -0.05) is 296 Å². The van der Waals surface area contributed by atoms with E-state index in [4.69, 9.17) is 9.97 Å². The van der Waals surface area contributed by atoms with Crippen LogP contribution >= 0.6 is 0 Å². The molecule has 0 amide bonds. The number of hydrogen-bond donors (Lipinski definition) is 0. The van der Waals surface area contributed by atoms with Gasteiger partial charge in [-0.05, 0) is 218 Å². The molecule has 2 aliphatic rings. The van der Waals surface area contributed by atoms with Crippen LogP contribution in [0.5, 0.6) is 0 Å². The highest BCUT2D eigenvalue weighted by molar-refractivity contribution is 7.00. The highest BCUT2D eigenvalue weighted by Crippen LogP contribution is 2.49. The fourth-order valence-electron chi connectivity index (χ4n) is 17.2. The highest BCUT2D eigenvalue weighted by atomic mass is 15.0. The second kappa shape index (κ2) is 24.9. The lowest BCUT2D eigenvalue weighted by Gasteiger charge is -2.35. The molecule has 2 aliphatic heterocycles. The van der Waals surface area contributed by atoms with E-state index in [2.05, 4.69) is 396 Å². The molecule has 107 heavy (non-hydrogen) atoms. The maximum absolute atomic E-state index is 6.04. The van der Waals surface area contributed by atoms with Crippen molar-refractivity contribution in [1.82, 2.24) is 19.1 Å². The highest BCUT2D eigenvalue weighted by Gasteiger charge is 2.44. The van der Waals surface area contributed by atoms with Crippen LogP contribution in [0.1, 0.15) is 52.7 Å². The van der Waals surface area contributed by atoms with Crippen LogP contribution in [-0.4, -0.2) is 25.8 Å². The van der Waals surface area contributed by atoms with E-state index in [0.717, 1.165) is 117 Å². The van der Waals surface area contributed by atoms with Crippen LogP contribution in [0.2, 0.25) is 0 Å². The number of nitrogens with zero attached hydrogens (tertiary/aromatic N) is 4. The first-order valence-corrected chi connectivity index (χ1v) is 37.5. The zero-order valence-corrected chi connectivity index (χ0v) is 60.8. The smallest absolute Gasteiger partial charge is 0.252 e. The number of rotatable bonds is 11. The molecular weight excluding hydrogens is 1290 g/mol. The summed E-state index contributed by atoms with van der Waals surface area (Å²) in [4.78, 5) is 12.1. The molecule has 0 saturated heterocycles. The van der Waals surface area contributed by atoms with Crippen LogP contribution in [-0.2, 0) is 10.8 Å². The van der Waals surface area contributed by atoms with E-state index >= 15 is 0 Å². The van der Waals surface area contributed by atoms with Gasteiger partial charge in [-0.15, -0.1) is 0 Å². The molecule has 506 valence electrons. The Balaban J connectivity index is 0.971. The van der Waals surface area contributed by atoms with E-state index in [1.165, 1.54) is 82.3 Å². The van der Waals surface area contributed by atoms with Crippen molar-refractivity contribution in [2.24, 2.45) is 0 Å². The number of hydrogen-bond acceptors (Lipinski definition) is 2. The first-order valence-electron chi connectivity index (χ1n) is 37.5. The van der Waals surface area contributed by atoms with Crippen LogP contribution in [0.3, 0.4) is 0 Å². The van der Waals surface area contributed by atoms with Crippen molar-refractivity contribution in [2.75, 3.05) is 0 Å². The van der Waals surface area contributed by atoms with Crippen LogP contribution < -0.4 is 16.4 Å². The van der Waals surface area contributed by atoms with E-state index < -0.39 is 0 Å². The first-order chi connectivity index (χ1) is 52.3. The average Bonchev–Trinajstić information content (AvgIpc) is 1.52. The molecule has 0 unspecified atom stereocenters. The van der Waals surface area contributed by atoms with Gasteiger partial charge in [0.25, 0.3) is 6.71 Å². The molecule has 5 heterocycles. The Bertz CT molecular complexity index is 6060. The molecule has 0 N–H and O–H groups in total. The second-order valence-corrected chi connectivity index (χ2v) is 31.3. The van der Waals surface area contributed by atoms with Crippen molar-refractivity contribution in [3.8, 4) is 134 Å². The van der Waals surface area contributed by atoms with Gasteiger partial charge >= 0.3 is 0 Å². The summed E-state index contributed by atoms with van der Waals surface area (Å²) in [6.07, 6.45) is 0. The topological polar surface area (TPSA) is 35.6 Å². The predicted molar refractivity (Wildman–Crippen MR) is 453 cm³/mol. The molecule has 0 spiro atoms. The Labute approximate surface area is 625 Å². The number of aromatic nitrogens is 4. The zero-order valence-electron chi connectivity index (χ0n) is 60.8. The van der Waals surface area contributed by atoms with Crippen LogP contribution in [0.4, 0.5) is 0 Å². The molecule has 0 aliphatic carbocycles. The molecule has 3 aromatic heterocycles. The fraction of sp³-hybridized carbons (Fsp3) is 0.0784. The minimum Gasteiger partial charge on any atom is -0.310 e. The molecule has 0 radical (unpaired) electrons. The second-order valence-electron chi connectivity index (χ2n) is 31.3. The summed E-state index contributed by atoms with van der Waals surface area (Å²) < 4.78 is 5.35. The van der Waals surface area contributed by atoms with Gasteiger partial charge in [0, 0.05) is 60.6 Å². The minimum atomic E-state index is -0.210. The molecule has 15 aromatic carbocycles. The normalized spacial score (nSPS) is 12.4. The van der Waals surface area contributed by atoms with Crippen molar-refractivity contribution in [1.29, 1.82) is 0 Å².